The van der Waals surface area contributed by atoms with E-state index in [2.05, 4.69) is 19.7 Å². The molecule has 28 heavy (non-hydrogen) atoms. The zero-order chi connectivity index (χ0) is 20.6. The van der Waals surface area contributed by atoms with E-state index in [0.29, 0.717) is 9.87 Å². The number of hydrogen-bond donors (Lipinski definition) is 2. The smallest absolute Gasteiger partial charge is 0.434 e. The Kier molecular flexibility index (Phi) is 5.26. The van der Waals surface area contributed by atoms with E-state index in [9.17, 15) is 22.4 Å². The Morgan fingerprint density at radius 2 is 2.04 bits per heavy atom. The maximum atomic E-state index is 14.6. The first-order chi connectivity index (χ1) is 13.1. The van der Waals surface area contributed by atoms with Gasteiger partial charge in [-0.15, -0.1) is 5.10 Å². The Hall–Kier alpha value is -2.73. The van der Waals surface area contributed by atoms with Crippen LogP contribution in [0.1, 0.15) is 41.5 Å². The minimum absolute atomic E-state index is 0.0803. The summed E-state index contributed by atoms with van der Waals surface area (Å²) in [6, 6.07) is 1.63. The molecule has 1 aromatic heterocycles. The zero-order valence-corrected chi connectivity index (χ0v) is 16.2. The number of benzene rings is 1. The first kappa shape index (κ1) is 20.0. The Balaban J connectivity index is 2.05. The maximum absolute atomic E-state index is 14.6. The third-order valence-electron chi connectivity index (χ3n) is 4.70. The fraction of sp³-hybridized carbons (Fsp3) is 0.438. The molecule has 0 bridgehead atoms. The second-order valence-electron chi connectivity index (χ2n) is 6.43. The number of amides is 1. The molecular weight excluding hydrogens is 395 g/mol. The summed E-state index contributed by atoms with van der Waals surface area (Å²) in [5.41, 5.74) is 1.66. The highest BCUT2D eigenvalue weighted by Gasteiger charge is 2.39. The molecular formula is C16H19FN4O6S. The third-order valence-corrected chi connectivity index (χ3v) is 6.16. The Morgan fingerprint density at radius 1 is 1.32 bits per heavy atom. The Labute approximate surface area is 159 Å². The van der Waals surface area contributed by atoms with Gasteiger partial charge < -0.3 is 9.15 Å². The first-order valence-electron chi connectivity index (χ1n) is 8.39. The highest BCUT2D eigenvalue weighted by molar-refractivity contribution is 7.87. The van der Waals surface area contributed by atoms with Crippen molar-refractivity contribution in [2.45, 2.75) is 32.7 Å². The molecule has 3 rings (SSSR count). The van der Waals surface area contributed by atoms with Crippen LogP contribution in [0.25, 0.3) is 0 Å². The van der Waals surface area contributed by atoms with E-state index >= 15 is 0 Å². The molecule has 10 nitrogen and oxygen atoms in total. The Morgan fingerprint density at radius 3 is 2.61 bits per heavy atom. The number of halogens is 1. The summed E-state index contributed by atoms with van der Waals surface area (Å²) < 4.78 is 52.3. The van der Waals surface area contributed by atoms with E-state index in [1.807, 2.05) is 0 Å². The highest BCUT2D eigenvalue weighted by Crippen LogP contribution is 2.35. The molecule has 1 aromatic carbocycles. The van der Waals surface area contributed by atoms with Gasteiger partial charge in [0, 0.05) is 5.92 Å². The van der Waals surface area contributed by atoms with Gasteiger partial charge in [-0.1, -0.05) is 13.0 Å². The molecule has 152 valence electrons. The number of ether oxygens (including phenoxy) is 1. The van der Waals surface area contributed by atoms with Crippen LogP contribution in [0.4, 0.5) is 9.18 Å². The zero-order valence-electron chi connectivity index (χ0n) is 15.4. The summed E-state index contributed by atoms with van der Waals surface area (Å²) in [6.07, 6.45) is -1.03. The average Bonchev–Trinajstić information content (AvgIpc) is 3.25. The maximum Gasteiger partial charge on any atom is 0.434 e. The molecule has 0 radical (unpaired) electrons. The lowest BCUT2D eigenvalue weighted by Gasteiger charge is -2.26. The molecule has 0 aliphatic carbocycles. The van der Waals surface area contributed by atoms with Crippen molar-refractivity contribution in [1.82, 2.24) is 19.2 Å². The number of aryl methyl sites for hydroxylation is 1. The molecule has 2 N–H and O–H groups in total. The summed E-state index contributed by atoms with van der Waals surface area (Å²) in [4.78, 5) is 23.1. The van der Waals surface area contributed by atoms with Crippen molar-refractivity contribution in [3.05, 3.63) is 51.1 Å². The minimum atomic E-state index is -4.37. The van der Waals surface area contributed by atoms with E-state index < -0.39 is 39.8 Å². The number of carbonyl (C=O) groups excluding carboxylic acids is 1. The average molecular weight is 414 g/mol. The van der Waals surface area contributed by atoms with E-state index in [-0.39, 0.29) is 24.6 Å². The van der Waals surface area contributed by atoms with Crippen LogP contribution in [0.3, 0.4) is 0 Å². The molecule has 2 atom stereocenters. The van der Waals surface area contributed by atoms with Gasteiger partial charge in [-0.05, 0) is 36.6 Å². The molecule has 1 fully saturated rings. The predicted molar refractivity (Wildman–Crippen MR) is 94.3 cm³/mol. The van der Waals surface area contributed by atoms with Gasteiger partial charge in [0.2, 0.25) is 5.89 Å². The molecule has 2 aromatic rings. The SMILES string of the molecule is Cc1ccc(F)c(C(C)[C@H](NS(=O)(=O)N2CCOC2=O)c2n[nH]c(=O)o2)c1C. The number of nitrogens with zero attached hydrogens (tertiary/aromatic N) is 2. The molecule has 2 heterocycles. The monoisotopic (exact) mass is 414 g/mol. The summed E-state index contributed by atoms with van der Waals surface area (Å²) in [7, 11) is -4.37. The van der Waals surface area contributed by atoms with E-state index in [0.717, 1.165) is 5.56 Å². The van der Waals surface area contributed by atoms with Gasteiger partial charge in [-0.25, -0.2) is 19.1 Å². The van der Waals surface area contributed by atoms with Crippen molar-refractivity contribution in [2.24, 2.45) is 0 Å². The fourth-order valence-electron chi connectivity index (χ4n) is 3.09. The number of rotatable bonds is 6. The standard InChI is InChI=1S/C16H19FN4O6S/c1-8-4-5-11(17)12(9(8)2)10(3)13(14-18-19-15(22)27-14)20-28(24,25)21-6-7-26-16(21)23/h4-5,10,13,20H,6-7H2,1-3H3,(H,19,22)/t10?,13-/m0/s1. The molecule has 12 heteroatoms. The predicted octanol–water partition coefficient (Wildman–Crippen LogP) is 1.25. The van der Waals surface area contributed by atoms with Gasteiger partial charge in [-0.3, -0.25) is 0 Å². The van der Waals surface area contributed by atoms with Crippen LogP contribution in [0.15, 0.2) is 21.3 Å². The normalized spacial score (nSPS) is 16.9. The van der Waals surface area contributed by atoms with Crippen molar-refractivity contribution < 1.29 is 26.8 Å². The molecule has 1 amide bonds. The highest BCUT2D eigenvalue weighted by atomic mass is 32.2. The summed E-state index contributed by atoms with van der Waals surface area (Å²) in [5, 5.41) is 5.74. The summed E-state index contributed by atoms with van der Waals surface area (Å²) >= 11 is 0. The third kappa shape index (κ3) is 3.64. The van der Waals surface area contributed by atoms with Gasteiger partial charge >= 0.3 is 22.1 Å². The summed E-state index contributed by atoms with van der Waals surface area (Å²) in [5.74, 6) is -2.54. The van der Waals surface area contributed by atoms with E-state index in [1.54, 1.807) is 26.8 Å². The van der Waals surface area contributed by atoms with Crippen LogP contribution >= 0.6 is 0 Å². The second-order valence-corrected chi connectivity index (χ2v) is 8.06. The van der Waals surface area contributed by atoms with E-state index in [1.165, 1.54) is 6.07 Å². The second kappa shape index (κ2) is 7.36. The van der Waals surface area contributed by atoms with Crippen LogP contribution in [-0.2, 0) is 14.9 Å². The van der Waals surface area contributed by atoms with E-state index in [4.69, 9.17) is 4.42 Å². The van der Waals surface area contributed by atoms with Crippen LogP contribution in [-0.4, -0.2) is 42.2 Å². The topological polar surface area (TPSA) is 135 Å². The molecule has 0 spiro atoms. The van der Waals surface area contributed by atoms with Crippen molar-refractivity contribution in [3.8, 4) is 0 Å². The fourth-order valence-corrected chi connectivity index (χ4v) is 4.41. The number of cyclic esters (lactones) is 1. The van der Waals surface area contributed by atoms with Crippen molar-refractivity contribution in [3.63, 3.8) is 0 Å². The van der Waals surface area contributed by atoms with Gasteiger partial charge in [0.05, 0.1) is 6.54 Å². The van der Waals surface area contributed by atoms with Gasteiger partial charge in [0.1, 0.15) is 18.5 Å². The number of carbonyl (C=O) groups is 1. The Bertz CT molecular complexity index is 1060. The van der Waals surface area contributed by atoms with Crippen LogP contribution in [0.2, 0.25) is 0 Å². The van der Waals surface area contributed by atoms with Crippen molar-refractivity contribution in [2.75, 3.05) is 13.2 Å². The number of nitrogens with one attached hydrogen (secondary N) is 2. The lowest BCUT2D eigenvalue weighted by molar-refractivity contribution is 0.169. The summed E-state index contributed by atoms with van der Waals surface area (Å²) in [6.45, 7) is 4.81. The largest absolute Gasteiger partial charge is 0.447 e. The van der Waals surface area contributed by atoms with Gasteiger partial charge in [0.15, 0.2) is 0 Å². The van der Waals surface area contributed by atoms with Gasteiger partial charge in [0.25, 0.3) is 0 Å². The quantitative estimate of drug-likeness (QED) is 0.726. The van der Waals surface area contributed by atoms with Crippen molar-refractivity contribution in [1.29, 1.82) is 0 Å². The number of aromatic nitrogens is 2. The lowest BCUT2D eigenvalue weighted by atomic mass is 9.88. The number of H-pyrrole nitrogens is 1. The molecule has 0 saturated carbocycles. The number of hydrogen-bond acceptors (Lipinski definition) is 7. The van der Waals surface area contributed by atoms with Gasteiger partial charge in [-0.2, -0.15) is 17.4 Å². The lowest BCUT2D eigenvalue weighted by Crippen LogP contribution is -2.44. The molecule has 1 aliphatic heterocycles. The first-order valence-corrected chi connectivity index (χ1v) is 9.83. The van der Waals surface area contributed by atoms with Crippen LogP contribution < -0.4 is 10.5 Å². The molecule has 1 saturated heterocycles. The molecule has 1 aliphatic rings. The van der Waals surface area contributed by atoms with Crippen LogP contribution in [0.5, 0.6) is 0 Å². The number of aromatic amines is 1. The minimum Gasteiger partial charge on any atom is -0.447 e. The van der Waals surface area contributed by atoms with Crippen molar-refractivity contribution >= 4 is 16.3 Å². The van der Waals surface area contributed by atoms with Crippen LogP contribution in [0, 0.1) is 19.7 Å². The molecule has 1 unspecified atom stereocenters.